The highest BCUT2D eigenvalue weighted by Crippen LogP contribution is 2.32. The standard InChI is InChI=1S/C29H26F2N6O3S2/c1-16(17-4-7-23(30)24(31)11-17)37-29(38)22-12-20(42(3,39)40)14-34-28(22)33-13-19-6-9-26(41-19)18-5-8-25-21(10-18)27(32-2)36-15-35-25/h4-12,14-16H,13H2,1-3H3,(H,33,34)(H,37,38)(H,32,35,36)/t16-/m0/s1. The van der Waals surface area contributed by atoms with Crippen molar-refractivity contribution in [3.8, 4) is 10.4 Å². The molecule has 1 amide bonds. The van der Waals surface area contributed by atoms with E-state index in [0.717, 1.165) is 50.4 Å². The van der Waals surface area contributed by atoms with Crippen LogP contribution in [0.4, 0.5) is 20.4 Å². The average molecular weight is 609 g/mol. The van der Waals surface area contributed by atoms with E-state index < -0.39 is 33.4 Å². The van der Waals surface area contributed by atoms with E-state index in [1.807, 2.05) is 30.3 Å². The lowest BCUT2D eigenvalue weighted by Crippen LogP contribution is -2.28. The van der Waals surface area contributed by atoms with Crippen LogP contribution in [0.1, 0.15) is 33.8 Å². The van der Waals surface area contributed by atoms with Gasteiger partial charge in [-0.2, -0.15) is 0 Å². The van der Waals surface area contributed by atoms with Crippen LogP contribution in [-0.2, 0) is 16.4 Å². The molecule has 0 saturated carbocycles. The first-order valence-electron chi connectivity index (χ1n) is 12.7. The summed E-state index contributed by atoms with van der Waals surface area (Å²) in [4.78, 5) is 27.9. The number of sulfone groups is 1. The van der Waals surface area contributed by atoms with Gasteiger partial charge in [-0.1, -0.05) is 12.1 Å². The maximum atomic E-state index is 13.7. The van der Waals surface area contributed by atoms with Gasteiger partial charge in [0.2, 0.25) is 0 Å². The fourth-order valence-corrected chi connectivity index (χ4v) is 5.83. The minimum atomic E-state index is -3.65. The lowest BCUT2D eigenvalue weighted by Gasteiger charge is -2.17. The van der Waals surface area contributed by atoms with E-state index in [1.54, 1.807) is 25.3 Å². The van der Waals surface area contributed by atoms with E-state index in [0.29, 0.717) is 12.1 Å². The van der Waals surface area contributed by atoms with Crippen molar-refractivity contribution in [3.63, 3.8) is 0 Å². The number of fused-ring (bicyclic) bond motifs is 1. The normalized spacial score (nSPS) is 12.2. The SMILES string of the molecule is CNc1ncnc2ccc(-c3ccc(CNc4ncc(S(C)(=O)=O)cc4C(=O)N[C@@H](C)c4ccc(F)c(F)c4)s3)cc12. The lowest BCUT2D eigenvalue weighted by atomic mass is 10.1. The highest BCUT2D eigenvalue weighted by molar-refractivity contribution is 7.90. The minimum Gasteiger partial charge on any atom is -0.373 e. The molecule has 0 unspecified atom stereocenters. The van der Waals surface area contributed by atoms with Gasteiger partial charge >= 0.3 is 0 Å². The third-order valence-electron chi connectivity index (χ3n) is 6.58. The van der Waals surface area contributed by atoms with E-state index in [9.17, 15) is 22.0 Å². The fourth-order valence-electron chi connectivity index (χ4n) is 4.31. The summed E-state index contributed by atoms with van der Waals surface area (Å²) in [5, 5.41) is 9.82. The Kier molecular flexibility index (Phi) is 8.14. The smallest absolute Gasteiger partial charge is 0.255 e. The number of halogens is 2. The molecule has 3 N–H and O–H groups in total. The second-order valence-electron chi connectivity index (χ2n) is 9.53. The molecular weight excluding hydrogens is 582 g/mol. The van der Waals surface area contributed by atoms with Crippen molar-refractivity contribution in [2.24, 2.45) is 0 Å². The second-order valence-corrected chi connectivity index (χ2v) is 12.7. The molecule has 5 rings (SSSR count). The number of carbonyl (C=O) groups excluding carboxylic acids is 1. The van der Waals surface area contributed by atoms with Gasteiger partial charge in [0.05, 0.1) is 28.6 Å². The van der Waals surface area contributed by atoms with Gasteiger partial charge < -0.3 is 16.0 Å². The average Bonchev–Trinajstić information content (AvgIpc) is 3.45. The number of thiophene rings is 1. The molecule has 0 aliphatic rings. The molecule has 5 aromatic rings. The van der Waals surface area contributed by atoms with Gasteiger partial charge in [-0.25, -0.2) is 32.2 Å². The molecule has 3 heterocycles. The predicted octanol–water partition coefficient (Wildman–Crippen LogP) is 5.58. The Hall–Kier alpha value is -4.49. The number of pyridine rings is 1. The van der Waals surface area contributed by atoms with Crippen LogP contribution in [0.5, 0.6) is 0 Å². The Morgan fingerprint density at radius 1 is 0.976 bits per heavy atom. The minimum absolute atomic E-state index is 0.00161. The quantitative estimate of drug-likeness (QED) is 0.198. The van der Waals surface area contributed by atoms with Gasteiger partial charge in [-0.15, -0.1) is 11.3 Å². The molecule has 0 aliphatic carbocycles. The second kappa shape index (κ2) is 11.8. The summed E-state index contributed by atoms with van der Waals surface area (Å²) in [6.45, 7) is 1.92. The Balaban J connectivity index is 1.37. The van der Waals surface area contributed by atoms with E-state index in [1.165, 1.54) is 24.7 Å². The topological polar surface area (TPSA) is 126 Å². The number of rotatable bonds is 9. The summed E-state index contributed by atoms with van der Waals surface area (Å²) in [6.07, 6.45) is 3.72. The van der Waals surface area contributed by atoms with E-state index in [-0.39, 0.29) is 16.3 Å². The predicted molar refractivity (Wildman–Crippen MR) is 159 cm³/mol. The molecule has 3 aromatic heterocycles. The number of nitrogens with zero attached hydrogens (tertiary/aromatic N) is 3. The number of carbonyl (C=O) groups is 1. The molecule has 0 fully saturated rings. The summed E-state index contributed by atoms with van der Waals surface area (Å²) in [7, 11) is -1.85. The highest BCUT2D eigenvalue weighted by atomic mass is 32.2. The van der Waals surface area contributed by atoms with Crippen molar-refractivity contribution in [2.45, 2.75) is 24.4 Å². The van der Waals surface area contributed by atoms with Crippen LogP contribution in [0.2, 0.25) is 0 Å². The third-order valence-corrected chi connectivity index (χ3v) is 8.79. The van der Waals surface area contributed by atoms with Gasteiger partial charge in [0.25, 0.3) is 5.91 Å². The van der Waals surface area contributed by atoms with Crippen molar-refractivity contribution in [3.05, 3.63) is 94.8 Å². The Bertz CT molecular complexity index is 1910. The van der Waals surface area contributed by atoms with Gasteiger partial charge in [0.15, 0.2) is 21.5 Å². The lowest BCUT2D eigenvalue weighted by molar-refractivity contribution is 0.0940. The summed E-state index contributed by atoms with van der Waals surface area (Å²) in [6, 6.07) is 13.8. The van der Waals surface area contributed by atoms with Crippen LogP contribution in [-0.4, -0.2) is 42.6 Å². The Labute approximate surface area is 245 Å². The molecule has 13 heteroatoms. The maximum absolute atomic E-state index is 13.7. The van der Waals surface area contributed by atoms with Gasteiger partial charge in [0, 0.05) is 34.6 Å². The van der Waals surface area contributed by atoms with Crippen molar-refractivity contribution in [1.82, 2.24) is 20.3 Å². The number of hydrogen-bond donors (Lipinski definition) is 3. The van der Waals surface area contributed by atoms with E-state index in [4.69, 9.17) is 0 Å². The van der Waals surface area contributed by atoms with Crippen LogP contribution >= 0.6 is 11.3 Å². The number of aromatic nitrogens is 3. The molecule has 1 atom stereocenters. The number of hydrogen-bond acceptors (Lipinski definition) is 9. The van der Waals surface area contributed by atoms with Crippen LogP contribution in [0.3, 0.4) is 0 Å². The highest BCUT2D eigenvalue weighted by Gasteiger charge is 2.20. The molecule has 0 aliphatic heterocycles. The summed E-state index contributed by atoms with van der Waals surface area (Å²) >= 11 is 1.55. The molecule has 0 bridgehead atoms. The van der Waals surface area contributed by atoms with E-state index >= 15 is 0 Å². The Morgan fingerprint density at radius 2 is 1.79 bits per heavy atom. The first-order chi connectivity index (χ1) is 20.0. The van der Waals surface area contributed by atoms with Crippen LogP contribution in [0.25, 0.3) is 21.3 Å². The Morgan fingerprint density at radius 3 is 2.52 bits per heavy atom. The molecule has 0 radical (unpaired) electrons. The molecule has 216 valence electrons. The van der Waals surface area contributed by atoms with Gasteiger partial charge in [-0.05, 0) is 60.5 Å². The summed E-state index contributed by atoms with van der Waals surface area (Å²) in [5.41, 5.74) is 2.16. The maximum Gasteiger partial charge on any atom is 0.255 e. The van der Waals surface area contributed by atoms with E-state index in [2.05, 4.69) is 30.9 Å². The number of benzene rings is 2. The van der Waals surface area contributed by atoms with Crippen molar-refractivity contribution in [1.29, 1.82) is 0 Å². The van der Waals surface area contributed by atoms with Crippen LogP contribution in [0, 0.1) is 11.6 Å². The zero-order valence-electron chi connectivity index (χ0n) is 22.8. The molecule has 42 heavy (non-hydrogen) atoms. The monoisotopic (exact) mass is 608 g/mol. The zero-order chi connectivity index (χ0) is 30.0. The molecule has 2 aromatic carbocycles. The van der Waals surface area contributed by atoms with Gasteiger partial charge in [0.1, 0.15) is 18.0 Å². The molecular formula is C29H26F2N6O3S2. The van der Waals surface area contributed by atoms with Crippen molar-refractivity contribution in [2.75, 3.05) is 23.9 Å². The third kappa shape index (κ3) is 6.21. The first kappa shape index (κ1) is 29.0. The number of anilines is 2. The van der Waals surface area contributed by atoms with Gasteiger partial charge in [-0.3, -0.25) is 4.79 Å². The van der Waals surface area contributed by atoms with Crippen molar-refractivity contribution < 1.29 is 22.0 Å². The molecule has 0 saturated heterocycles. The fraction of sp³-hybridized carbons (Fsp3) is 0.172. The summed E-state index contributed by atoms with van der Waals surface area (Å²) < 4.78 is 51.5. The summed E-state index contributed by atoms with van der Waals surface area (Å²) in [5.74, 6) is -1.75. The zero-order valence-corrected chi connectivity index (χ0v) is 24.4. The van der Waals surface area contributed by atoms with Crippen LogP contribution in [0.15, 0.2) is 72.0 Å². The first-order valence-corrected chi connectivity index (χ1v) is 15.5. The largest absolute Gasteiger partial charge is 0.373 e. The molecule has 9 nitrogen and oxygen atoms in total. The van der Waals surface area contributed by atoms with Crippen molar-refractivity contribution >= 4 is 49.6 Å². The van der Waals surface area contributed by atoms with Crippen LogP contribution < -0.4 is 16.0 Å². The number of nitrogens with one attached hydrogen (secondary N) is 3. The number of amides is 1. The molecule has 0 spiro atoms.